The molecule has 0 aliphatic rings. The molecule has 2 aromatic carbocycles. The van der Waals surface area contributed by atoms with Crippen LogP contribution in [-0.2, 0) is 11.3 Å². The molecule has 1 atom stereocenters. The topological polar surface area (TPSA) is 59.4 Å². The Morgan fingerprint density at radius 2 is 1.79 bits per heavy atom. The number of amides is 1. The second kappa shape index (κ2) is 9.20. The number of hydrogen-bond acceptors (Lipinski definition) is 3. The summed E-state index contributed by atoms with van der Waals surface area (Å²) in [6.07, 6.45) is 1.32. The average molecular weight is 474 g/mol. The van der Waals surface area contributed by atoms with E-state index in [9.17, 15) is 14.4 Å². The van der Waals surface area contributed by atoms with Crippen LogP contribution in [0.25, 0.3) is 0 Å². The number of carbonyl (C=O) groups excluding carboxylic acids is 2. The highest BCUT2D eigenvalue weighted by Crippen LogP contribution is 2.21. The van der Waals surface area contributed by atoms with Crippen molar-refractivity contribution in [1.82, 2.24) is 9.47 Å². The number of likely N-dealkylation sites (N-methyl/N-ethyl adjacent to an activating group) is 1. The number of aromatic nitrogens is 1. The van der Waals surface area contributed by atoms with Gasteiger partial charge in [0.1, 0.15) is 0 Å². The van der Waals surface area contributed by atoms with Gasteiger partial charge in [-0.2, -0.15) is 0 Å². The molecule has 1 heterocycles. The first-order valence-corrected chi connectivity index (χ1v) is 10.0. The molecule has 0 aliphatic carbocycles. The minimum absolute atomic E-state index is 0.259. The van der Waals surface area contributed by atoms with Crippen LogP contribution in [0.4, 0.5) is 0 Å². The first-order chi connectivity index (χ1) is 13.9. The first kappa shape index (κ1) is 21.0. The molecule has 148 valence electrons. The van der Waals surface area contributed by atoms with Crippen molar-refractivity contribution in [1.29, 1.82) is 0 Å². The predicted molar refractivity (Wildman–Crippen MR) is 116 cm³/mol. The third kappa shape index (κ3) is 5.02. The van der Waals surface area contributed by atoms with Crippen LogP contribution in [0.15, 0.2) is 82.2 Å². The molecule has 3 aromatic rings. The molecule has 0 N–H and O–H groups in total. The molecule has 7 heteroatoms. The van der Waals surface area contributed by atoms with Gasteiger partial charge in [0.2, 0.25) is 0 Å². The fraction of sp³-hybridized carbons (Fsp3) is 0.136. The van der Waals surface area contributed by atoms with Crippen LogP contribution in [0, 0.1) is 0 Å². The maximum atomic E-state index is 13.3. The summed E-state index contributed by atoms with van der Waals surface area (Å²) in [4.78, 5) is 40.5. The van der Waals surface area contributed by atoms with Crippen molar-refractivity contribution in [3.05, 3.63) is 104 Å². The molecular weight excluding hydrogens is 456 g/mol. The van der Waals surface area contributed by atoms with E-state index in [-0.39, 0.29) is 5.02 Å². The van der Waals surface area contributed by atoms with Gasteiger partial charge in [-0.05, 0) is 23.8 Å². The highest BCUT2D eigenvalue weighted by molar-refractivity contribution is 9.10. The van der Waals surface area contributed by atoms with Crippen LogP contribution < -0.4 is 5.56 Å². The molecule has 5 nitrogen and oxygen atoms in total. The highest BCUT2D eigenvalue weighted by atomic mass is 79.9. The normalized spacial score (nSPS) is 11.7. The lowest BCUT2D eigenvalue weighted by Gasteiger charge is -2.25. The maximum Gasteiger partial charge on any atom is 0.253 e. The summed E-state index contributed by atoms with van der Waals surface area (Å²) < 4.78 is 1.79. The van der Waals surface area contributed by atoms with Crippen LogP contribution >= 0.6 is 27.5 Å². The van der Waals surface area contributed by atoms with Crippen molar-refractivity contribution >= 4 is 39.2 Å². The van der Waals surface area contributed by atoms with Crippen molar-refractivity contribution < 1.29 is 9.59 Å². The van der Waals surface area contributed by atoms with Gasteiger partial charge < -0.3 is 4.90 Å². The standard InChI is InChI=1S/C22H18BrClN2O3/c1-25(13-15-6-3-2-4-7-15)22(29)20(26-14-18(24)10-11-19(26)27)21(28)16-8-5-9-17(23)12-16/h2-12,14,20H,13H2,1H3. The summed E-state index contributed by atoms with van der Waals surface area (Å²) in [6, 6.07) is 17.4. The summed E-state index contributed by atoms with van der Waals surface area (Å²) in [5.41, 5.74) is 0.748. The first-order valence-electron chi connectivity index (χ1n) is 8.83. The van der Waals surface area contributed by atoms with Crippen LogP contribution in [0.3, 0.4) is 0 Å². The Bertz CT molecular complexity index is 1100. The lowest BCUT2D eigenvalue weighted by molar-refractivity contribution is -0.132. The third-order valence-electron chi connectivity index (χ3n) is 4.41. The summed E-state index contributed by atoms with van der Waals surface area (Å²) in [6.45, 7) is 0.303. The van der Waals surface area contributed by atoms with Gasteiger partial charge in [-0.25, -0.2) is 0 Å². The molecule has 3 rings (SSSR count). The second-order valence-corrected chi connectivity index (χ2v) is 7.90. The lowest BCUT2D eigenvalue weighted by Crippen LogP contribution is -2.42. The summed E-state index contributed by atoms with van der Waals surface area (Å²) in [5.74, 6) is -0.983. The Hall–Kier alpha value is -2.70. The van der Waals surface area contributed by atoms with E-state index < -0.39 is 23.3 Å². The predicted octanol–water partition coefficient (Wildman–Crippen LogP) is 4.35. The molecule has 29 heavy (non-hydrogen) atoms. The van der Waals surface area contributed by atoms with E-state index in [0.717, 1.165) is 10.1 Å². The van der Waals surface area contributed by atoms with Gasteiger partial charge in [0, 0.05) is 35.9 Å². The van der Waals surface area contributed by atoms with Crippen molar-refractivity contribution in [3.8, 4) is 0 Å². The zero-order chi connectivity index (χ0) is 21.0. The second-order valence-electron chi connectivity index (χ2n) is 6.55. The third-order valence-corrected chi connectivity index (χ3v) is 5.13. The molecular formula is C22H18BrClN2O3. The molecule has 1 unspecified atom stereocenters. The quantitative estimate of drug-likeness (QED) is 0.395. The van der Waals surface area contributed by atoms with E-state index in [1.165, 1.54) is 23.2 Å². The van der Waals surface area contributed by atoms with E-state index in [2.05, 4.69) is 15.9 Å². The van der Waals surface area contributed by atoms with Gasteiger partial charge in [0.25, 0.3) is 11.5 Å². The molecule has 0 saturated carbocycles. The van der Waals surface area contributed by atoms with E-state index in [4.69, 9.17) is 11.6 Å². The average Bonchev–Trinajstić information content (AvgIpc) is 2.71. The number of carbonyl (C=O) groups is 2. The zero-order valence-corrected chi connectivity index (χ0v) is 17.9. The number of benzene rings is 2. The fourth-order valence-electron chi connectivity index (χ4n) is 2.98. The van der Waals surface area contributed by atoms with Crippen LogP contribution in [0.1, 0.15) is 22.0 Å². The van der Waals surface area contributed by atoms with Crippen molar-refractivity contribution in [2.45, 2.75) is 12.6 Å². The zero-order valence-electron chi connectivity index (χ0n) is 15.6. The summed E-state index contributed by atoms with van der Waals surface area (Å²) in [7, 11) is 1.60. The van der Waals surface area contributed by atoms with Crippen molar-refractivity contribution in [3.63, 3.8) is 0 Å². The number of nitrogens with zero attached hydrogens (tertiary/aromatic N) is 2. The Balaban J connectivity index is 2.02. The van der Waals surface area contributed by atoms with Crippen molar-refractivity contribution in [2.24, 2.45) is 0 Å². The minimum Gasteiger partial charge on any atom is -0.339 e. The van der Waals surface area contributed by atoms with Gasteiger partial charge in [-0.15, -0.1) is 0 Å². The van der Waals surface area contributed by atoms with Crippen LogP contribution in [0.2, 0.25) is 5.02 Å². The van der Waals surface area contributed by atoms with Gasteiger partial charge in [-0.3, -0.25) is 19.0 Å². The van der Waals surface area contributed by atoms with Crippen molar-refractivity contribution in [2.75, 3.05) is 7.05 Å². The van der Waals surface area contributed by atoms with E-state index >= 15 is 0 Å². The van der Waals surface area contributed by atoms with Gasteiger partial charge >= 0.3 is 0 Å². The molecule has 0 bridgehead atoms. The number of rotatable bonds is 6. The van der Waals surface area contributed by atoms with Crippen LogP contribution in [0.5, 0.6) is 0 Å². The Kier molecular flexibility index (Phi) is 6.67. The van der Waals surface area contributed by atoms with E-state index in [0.29, 0.717) is 16.6 Å². The van der Waals surface area contributed by atoms with Crippen LogP contribution in [-0.4, -0.2) is 28.2 Å². The maximum absolute atomic E-state index is 13.3. The molecule has 0 aliphatic heterocycles. The molecule has 0 fully saturated rings. The fourth-order valence-corrected chi connectivity index (χ4v) is 3.55. The van der Waals surface area contributed by atoms with Gasteiger partial charge in [-0.1, -0.05) is 70.0 Å². The minimum atomic E-state index is -1.36. The number of ketones is 1. The van der Waals surface area contributed by atoms with Gasteiger partial charge in [0.15, 0.2) is 11.8 Å². The monoisotopic (exact) mass is 472 g/mol. The Labute approximate surface area is 181 Å². The largest absolute Gasteiger partial charge is 0.339 e. The molecule has 0 radical (unpaired) electrons. The molecule has 1 aromatic heterocycles. The molecule has 1 amide bonds. The summed E-state index contributed by atoms with van der Waals surface area (Å²) in [5, 5.41) is 0.259. The van der Waals surface area contributed by atoms with E-state index in [1.807, 2.05) is 30.3 Å². The highest BCUT2D eigenvalue weighted by Gasteiger charge is 2.32. The number of Topliss-reactive ketones (excluding diaryl/α,β-unsaturated/α-hetero) is 1. The number of hydrogen-bond donors (Lipinski definition) is 0. The smallest absolute Gasteiger partial charge is 0.253 e. The molecule has 0 saturated heterocycles. The van der Waals surface area contributed by atoms with E-state index in [1.54, 1.807) is 31.3 Å². The molecule has 0 spiro atoms. The SMILES string of the molecule is CN(Cc1ccccc1)C(=O)C(C(=O)c1cccc(Br)c1)n1cc(Cl)ccc1=O. The Morgan fingerprint density at radius 1 is 1.07 bits per heavy atom. The Morgan fingerprint density at radius 3 is 2.48 bits per heavy atom. The lowest BCUT2D eigenvalue weighted by atomic mass is 10.0. The number of halogens is 2. The number of pyridine rings is 1. The summed E-state index contributed by atoms with van der Waals surface area (Å²) >= 11 is 9.38. The van der Waals surface area contributed by atoms with Gasteiger partial charge in [0.05, 0.1) is 5.02 Å².